The third-order valence-electron chi connectivity index (χ3n) is 4.23. The largest absolute Gasteiger partial charge is 0.335 e. The Bertz CT molecular complexity index is 1090. The van der Waals surface area contributed by atoms with Crippen LogP contribution in [0.4, 0.5) is 5.69 Å². The van der Waals surface area contributed by atoms with Gasteiger partial charge in [0.1, 0.15) is 6.54 Å². The maximum Gasteiger partial charge on any atom is 0.261 e. The molecule has 3 rings (SSSR count). The van der Waals surface area contributed by atoms with E-state index in [0.29, 0.717) is 21.6 Å². The Kier molecular flexibility index (Phi) is 5.75. The van der Waals surface area contributed by atoms with Gasteiger partial charge >= 0.3 is 0 Å². The van der Waals surface area contributed by atoms with Crippen molar-refractivity contribution in [3.8, 4) is 0 Å². The molecule has 144 valence electrons. The summed E-state index contributed by atoms with van der Waals surface area (Å²) in [7, 11) is 1.51. The normalized spacial score (nSPS) is 10.7. The van der Waals surface area contributed by atoms with Gasteiger partial charge in [-0.3, -0.25) is 19.0 Å². The molecule has 1 heterocycles. The number of rotatable bonds is 5. The fourth-order valence-corrected chi connectivity index (χ4v) is 2.82. The molecule has 0 aliphatic heterocycles. The number of carbonyl (C=O) groups is 2. The van der Waals surface area contributed by atoms with Gasteiger partial charge in [0.25, 0.3) is 5.56 Å². The minimum absolute atomic E-state index is 0.131. The molecule has 0 aliphatic rings. The lowest BCUT2D eigenvalue weighted by Gasteiger charge is -2.17. The van der Waals surface area contributed by atoms with Crippen LogP contribution in [-0.2, 0) is 16.1 Å². The molecule has 0 saturated carbocycles. The fraction of sp³-hybridized carbons (Fsp3) is 0.200. The van der Waals surface area contributed by atoms with Gasteiger partial charge in [-0.2, -0.15) is 0 Å². The highest BCUT2D eigenvalue weighted by Gasteiger charge is 2.15. The van der Waals surface area contributed by atoms with Crippen LogP contribution in [0.3, 0.4) is 0 Å². The molecule has 0 saturated heterocycles. The first kappa shape index (κ1) is 19.6. The number of nitrogens with one attached hydrogen (secondary N) is 1. The third kappa shape index (κ3) is 4.55. The van der Waals surface area contributed by atoms with Crippen LogP contribution in [0.5, 0.6) is 0 Å². The molecule has 0 fully saturated rings. The zero-order chi connectivity index (χ0) is 20.3. The van der Waals surface area contributed by atoms with Gasteiger partial charge in [0.05, 0.1) is 23.8 Å². The molecule has 28 heavy (non-hydrogen) atoms. The van der Waals surface area contributed by atoms with E-state index in [1.807, 2.05) is 19.1 Å². The third-order valence-corrected chi connectivity index (χ3v) is 4.47. The molecule has 3 aromatic rings. The summed E-state index contributed by atoms with van der Waals surface area (Å²) >= 11 is 5.94. The summed E-state index contributed by atoms with van der Waals surface area (Å²) in [4.78, 5) is 42.6. The van der Waals surface area contributed by atoms with Crippen molar-refractivity contribution in [1.82, 2.24) is 14.5 Å². The van der Waals surface area contributed by atoms with Crippen LogP contribution < -0.4 is 10.9 Å². The molecular weight excluding hydrogens is 380 g/mol. The Labute approximate surface area is 166 Å². The summed E-state index contributed by atoms with van der Waals surface area (Å²) in [6.45, 7) is 1.60. The van der Waals surface area contributed by atoms with Crippen molar-refractivity contribution in [3.63, 3.8) is 0 Å². The van der Waals surface area contributed by atoms with Crippen LogP contribution in [-0.4, -0.2) is 39.9 Å². The maximum atomic E-state index is 12.5. The molecule has 7 nitrogen and oxygen atoms in total. The number of hydrogen-bond donors (Lipinski definition) is 1. The minimum atomic E-state index is -0.385. The Morgan fingerprint density at radius 1 is 1.18 bits per heavy atom. The predicted octanol–water partition coefficient (Wildman–Crippen LogP) is 2.46. The minimum Gasteiger partial charge on any atom is -0.335 e. The predicted molar refractivity (Wildman–Crippen MR) is 108 cm³/mol. The fourth-order valence-electron chi connectivity index (χ4n) is 2.65. The summed E-state index contributed by atoms with van der Waals surface area (Å²) in [5.74, 6) is -0.709. The average molecular weight is 399 g/mol. The van der Waals surface area contributed by atoms with Crippen molar-refractivity contribution in [2.24, 2.45) is 0 Å². The highest BCUT2D eigenvalue weighted by Crippen LogP contribution is 2.14. The number of aromatic nitrogens is 2. The number of halogens is 1. The van der Waals surface area contributed by atoms with Crippen molar-refractivity contribution < 1.29 is 9.59 Å². The Morgan fingerprint density at radius 3 is 2.61 bits per heavy atom. The van der Waals surface area contributed by atoms with Gasteiger partial charge in [-0.25, -0.2) is 4.98 Å². The number of carbonyl (C=O) groups excluding carboxylic acids is 2. The monoisotopic (exact) mass is 398 g/mol. The van der Waals surface area contributed by atoms with Crippen LogP contribution in [0.25, 0.3) is 10.9 Å². The van der Waals surface area contributed by atoms with Crippen molar-refractivity contribution in [1.29, 1.82) is 0 Å². The number of aryl methyl sites for hydroxylation is 1. The Balaban J connectivity index is 1.66. The lowest BCUT2D eigenvalue weighted by molar-refractivity contribution is -0.133. The van der Waals surface area contributed by atoms with E-state index >= 15 is 0 Å². The number of nitrogens with zero attached hydrogens (tertiary/aromatic N) is 3. The van der Waals surface area contributed by atoms with Crippen LogP contribution in [0.2, 0.25) is 5.02 Å². The van der Waals surface area contributed by atoms with E-state index in [0.717, 1.165) is 5.56 Å². The Hall–Kier alpha value is -3.19. The zero-order valence-corrected chi connectivity index (χ0v) is 16.2. The summed E-state index contributed by atoms with van der Waals surface area (Å²) in [6.07, 6.45) is 1.32. The quantitative estimate of drug-likeness (QED) is 0.715. The van der Waals surface area contributed by atoms with Crippen molar-refractivity contribution in [3.05, 3.63) is 69.7 Å². The summed E-state index contributed by atoms with van der Waals surface area (Å²) in [5, 5.41) is 3.48. The van der Waals surface area contributed by atoms with E-state index in [4.69, 9.17) is 11.6 Å². The molecule has 0 aliphatic carbocycles. The van der Waals surface area contributed by atoms with Crippen LogP contribution in [0.15, 0.2) is 53.6 Å². The van der Waals surface area contributed by atoms with Crippen molar-refractivity contribution in [2.75, 3.05) is 18.9 Å². The number of hydrogen-bond acceptors (Lipinski definition) is 4. The molecule has 8 heteroatoms. The van der Waals surface area contributed by atoms with E-state index < -0.39 is 0 Å². The standard InChI is InChI=1S/C20H19ClN4O3/c1-13-3-6-15(7-4-13)23-18(26)10-24(2)19(27)11-25-12-22-17-8-5-14(21)9-16(17)20(25)28/h3-9,12H,10-11H2,1-2H3,(H,23,26). The average Bonchev–Trinajstić information content (AvgIpc) is 2.66. The van der Waals surface area contributed by atoms with E-state index in [1.54, 1.807) is 24.3 Å². The molecule has 0 bridgehead atoms. The SMILES string of the molecule is Cc1ccc(NC(=O)CN(C)C(=O)Cn2cnc3ccc(Cl)cc3c2=O)cc1. The highest BCUT2D eigenvalue weighted by atomic mass is 35.5. The second-order valence-corrected chi connectivity index (χ2v) is 6.94. The maximum absolute atomic E-state index is 12.5. The molecule has 2 amide bonds. The van der Waals surface area contributed by atoms with E-state index in [1.165, 1.54) is 28.9 Å². The first-order valence-electron chi connectivity index (χ1n) is 8.58. The molecule has 0 unspecified atom stereocenters. The Morgan fingerprint density at radius 2 is 1.89 bits per heavy atom. The van der Waals surface area contributed by atoms with Gasteiger partial charge in [-0.15, -0.1) is 0 Å². The second kappa shape index (κ2) is 8.22. The van der Waals surface area contributed by atoms with Gasteiger partial charge in [-0.1, -0.05) is 29.3 Å². The first-order chi connectivity index (χ1) is 13.3. The number of benzene rings is 2. The summed E-state index contributed by atoms with van der Waals surface area (Å²) in [5.41, 5.74) is 1.88. The summed E-state index contributed by atoms with van der Waals surface area (Å²) in [6, 6.07) is 12.2. The molecule has 0 radical (unpaired) electrons. The highest BCUT2D eigenvalue weighted by molar-refractivity contribution is 6.31. The van der Waals surface area contributed by atoms with Gasteiger partial charge in [0.15, 0.2) is 0 Å². The second-order valence-electron chi connectivity index (χ2n) is 6.50. The lowest BCUT2D eigenvalue weighted by atomic mass is 10.2. The zero-order valence-electron chi connectivity index (χ0n) is 15.5. The number of anilines is 1. The summed E-state index contributed by atoms with van der Waals surface area (Å²) < 4.78 is 1.20. The number of amides is 2. The van der Waals surface area contributed by atoms with E-state index in [2.05, 4.69) is 10.3 Å². The van der Waals surface area contributed by atoms with Gasteiger partial charge in [-0.05, 0) is 37.3 Å². The van der Waals surface area contributed by atoms with E-state index in [9.17, 15) is 14.4 Å². The molecule has 1 N–H and O–H groups in total. The van der Waals surface area contributed by atoms with Crippen molar-refractivity contribution >= 4 is 40.0 Å². The number of likely N-dealkylation sites (N-methyl/N-ethyl adjacent to an activating group) is 1. The topological polar surface area (TPSA) is 84.3 Å². The molecule has 2 aromatic carbocycles. The first-order valence-corrected chi connectivity index (χ1v) is 8.96. The molecular formula is C20H19ClN4O3. The van der Waals surface area contributed by atoms with Crippen molar-refractivity contribution in [2.45, 2.75) is 13.5 Å². The van der Waals surface area contributed by atoms with Gasteiger partial charge in [0.2, 0.25) is 11.8 Å². The van der Waals surface area contributed by atoms with Crippen LogP contribution >= 0.6 is 11.6 Å². The van der Waals surface area contributed by atoms with Crippen LogP contribution in [0.1, 0.15) is 5.56 Å². The van der Waals surface area contributed by atoms with Gasteiger partial charge in [0, 0.05) is 17.8 Å². The lowest BCUT2D eigenvalue weighted by Crippen LogP contribution is -2.38. The molecule has 0 spiro atoms. The van der Waals surface area contributed by atoms with Gasteiger partial charge < -0.3 is 10.2 Å². The molecule has 0 atom stereocenters. The smallest absolute Gasteiger partial charge is 0.261 e. The van der Waals surface area contributed by atoms with Crippen LogP contribution in [0, 0.1) is 6.92 Å². The van der Waals surface area contributed by atoms with E-state index in [-0.39, 0.29) is 30.5 Å². The molecule has 1 aromatic heterocycles. The number of fused-ring (bicyclic) bond motifs is 1.